The van der Waals surface area contributed by atoms with Gasteiger partial charge in [-0.2, -0.15) is 0 Å². The molecule has 1 amide bonds. The number of ether oxygens (including phenoxy) is 1. The van der Waals surface area contributed by atoms with Crippen molar-refractivity contribution in [2.75, 3.05) is 54.0 Å². The summed E-state index contributed by atoms with van der Waals surface area (Å²) in [4.78, 5) is 16.3. The maximum absolute atomic E-state index is 12.3. The van der Waals surface area contributed by atoms with Crippen LogP contribution in [0.3, 0.4) is 0 Å². The van der Waals surface area contributed by atoms with Crippen molar-refractivity contribution in [1.82, 2.24) is 15.1 Å². The summed E-state index contributed by atoms with van der Waals surface area (Å²) in [7, 11) is 5.99. The van der Waals surface area contributed by atoms with Gasteiger partial charge in [0.2, 0.25) is 5.91 Å². The first-order valence-corrected chi connectivity index (χ1v) is 6.77. The third-order valence-electron chi connectivity index (χ3n) is 3.34. The van der Waals surface area contributed by atoms with Crippen LogP contribution in [0.5, 0.6) is 0 Å². The molecule has 1 N–H and O–H groups in total. The Hall–Kier alpha value is -0.650. The summed E-state index contributed by atoms with van der Waals surface area (Å²) in [5, 5.41) is 3.32. The SMILES string of the molecule is CCNC1COCC1C(=O)N(C)CCCN(C)C. The van der Waals surface area contributed by atoms with E-state index in [2.05, 4.69) is 17.1 Å². The van der Waals surface area contributed by atoms with E-state index in [1.807, 2.05) is 26.0 Å². The van der Waals surface area contributed by atoms with Gasteiger partial charge in [0, 0.05) is 19.6 Å². The van der Waals surface area contributed by atoms with Crippen LogP contribution in [0.4, 0.5) is 0 Å². The molecule has 5 nitrogen and oxygen atoms in total. The lowest BCUT2D eigenvalue weighted by molar-refractivity contribution is -0.134. The lowest BCUT2D eigenvalue weighted by atomic mass is 10.0. The fourth-order valence-electron chi connectivity index (χ4n) is 2.28. The minimum absolute atomic E-state index is 0.0192. The maximum Gasteiger partial charge on any atom is 0.229 e. The van der Waals surface area contributed by atoms with Gasteiger partial charge in [-0.05, 0) is 33.6 Å². The normalized spacial score (nSPS) is 23.6. The lowest BCUT2D eigenvalue weighted by Crippen LogP contribution is -2.45. The Labute approximate surface area is 110 Å². The number of carbonyl (C=O) groups is 1. The highest BCUT2D eigenvalue weighted by Crippen LogP contribution is 2.16. The summed E-state index contributed by atoms with van der Waals surface area (Å²) in [6.45, 7) is 5.95. The van der Waals surface area contributed by atoms with Crippen molar-refractivity contribution in [1.29, 1.82) is 0 Å². The van der Waals surface area contributed by atoms with E-state index in [9.17, 15) is 4.79 Å². The largest absolute Gasteiger partial charge is 0.379 e. The molecule has 18 heavy (non-hydrogen) atoms. The minimum Gasteiger partial charge on any atom is -0.379 e. The van der Waals surface area contributed by atoms with Gasteiger partial charge >= 0.3 is 0 Å². The van der Waals surface area contributed by atoms with Crippen LogP contribution in [0, 0.1) is 5.92 Å². The number of hydrogen-bond acceptors (Lipinski definition) is 4. The molecular weight excluding hydrogens is 230 g/mol. The molecular formula is C13H27N3O2. The molecule has 0 saturated carbocycles. The van der Waals surface area contributed by atoms with Crippen LogP contribution in [0.1, 0.15) is 13.3 Å². The summed E-state index contributed by atoms with van der Waals surface area (Å²) in [6.07, 6.45) is 1.01. The first kappa shape index (κ1) is 15.4. The van der Waals surface area contributed by atoms with Crippen LogP contribution in [-0.2, 0) is 9.53 Å². The quantitative estimate of drug-likeness (QED) is 0.698. The van der Waals surface area contributed by atoms with Crippen LogP contribution in [0.15, 0.2) is 0 Å². The van der Waals surface area contributed by atoms with Gasteiger partial charge in [0.05, 0.1) is 19.1 Å². The van der Waals surface area contributed by atoms with E-state index in [0.717, 1.165) is 26.1 Å². The summed E-state index contributed by atoms with van der Waals surface area (Å²) in [5.41, 5.74) is 0. The monoisotopic (exact) mass is 257 g/mol. The second kappa shape index (κ2) is 7.71. The second-order valence-electron chi connectivity index (χ2n) is 5.22. The Kier molecular flexibility index (Phi) is 6.60. The van der Waals surface area contributed by atoms with Crippen LogP contribution in [0.25, 0.3) is 0 Å². The average Bonchev–Trinajstić information content (AvgIpc) is 2.76. The highest BCUT2D eigenvalue weighted by Gasteiger charge is 2.34. The fraction of sp³-hybridized carbons (Fsp3) is 0.923. The third-order valence-corrected chi connectivity index (χ3v) is 3.34. The molecule has 1 heterocycles. The van der Waals surface area contributed by atoms with Gasteiger partial charge in [0.25, 0.3) is 0 Å². The van der Waals surface area contributed by atoms with Crippen molar-refractivity contribution < 1.29 is 9.53 Å². The van der Waals surface area contributed by atoms with Gasteiger partial charge in [0.1, 0.15) is 0 Å². The van der Waals surface area contributed by atoms with E-state index >= 15 is 0 Å². The molecule has 1 fully saturated rings. The molecule has 1 aliphatic heterocycles. The Balaban J connectivity index is 2.37. The topological polar surface area (TPSA) is 44.8 Å². The first-order valence-electron chi connectivity index (χ1n) is 6.77. The maximum atomic E-state index is 12.3. The van der Waals surface area contributed by atoms with Gasteiger partial charge < -0.3 is 19.9 Å². The van der Waals surface area contributed by atoms with E-state index in [1.54, 1.807) is 0 Å². The molecule has 0 aromatic carbocycles. The molecule has 5 heteroatoms. The summed E-state index contributed by atoms with van der Waals surface area (Å²) in [6, 6.07) is 0.179. The van der Waals surface area contributed by atoms with E-state index < -0.39 is 0 Å². The molecule has 0 aromatic rings. The number of amides is 1. The fourth-order valence-corrected chi connectivity index (χ4v) is 2.28. The highest BCUT2D eigenvalue weighted by molar-refractivity contribution is 5.79. The molecule has 2 atom stereocenters. The van der Waals surface area contributed by atoms with Gasteiger partial charge in [-0.3, -0.25) is 4.79 Å². The number of rotatable bonds is 7. The molecule has 2 unspecified atom stereocenters. The number of nitrogens with zero attached hydrogens (tertiary/aromatic N) is 2. The summed E-state index contributed by atoms with van der Waals surface area (Å²) < 4.78 is 5.42. The molecule has 0 spiro atoms. The molecule has 0 radical (unpaired) electrons. The van der Waals surface area contributed by atoms with Gasteiger partial charge in [-0.15, -0.1) is 0 Å². The molecule has 1 aliphatic rings. The molecule has 1 saturated heterocycles. The van der Waals surface area contributed by atoms with Crippen molar-refractivity contribution in [3.05, 3.63) is 0 Å². The predicted octanol–water partition coefficient (Wildman–Crippen LogP) is 0.0210. The van der Waals surface area contributed by atoms with E-state index in [-0.39, 0.29) is 17.9 Å². The molecule has 1 rings (SSSR count). The number of hydrogen-bond donors (Lipinski definition) is 1. The van der Waals surface area contributed by atoms with E-state index in [4.69, 9.17) is 4.74 Å². The van der Waals surface area contributed by atoms with E-state index in [0.29, 0.717) is 13.2 Å². The van der Waals surface area contributed by atoms with Gasteiger partial charge in [-0.1, -0.05) is 6.92 Å². The minimum atomic E-state index is -0.0192. The first-order chi connectivity index (χ1) is 8.56. The molecule has 106 valence electrons. The Morgan fingerprint density at radius 2 is 2.00 bits per heavy atom. The van der Waals surface area contributed by atoms with Crippen molar-refractivity contribution in [2.45, 2.75) is 19.4 Å². The van der Waals surface area contributed by atoms with Gasteiger partial charge in [-0.25, -0.2) is 0 Å². The van der Waals surface area contributed by atoms with Crippen LogP contribution in [0.2, 0.25) is 0 Å². The van der Waals surface area contributed by atoms with Crippen LogP contribution >= 0.6 is 0 Å². The van der Waals surface area contributed by atoms with Crippen molar-refractivity contribution in [3.63, 3.8) is 0 Å². The third kappa shape index (κ3) is 4.55. The summed E-state index contributed by atoms with van der Waals surface area (Å²) >= 11 is 0. The summed E-state index contributed by atoms with van der Waals surface area (Å²) in [5.74, 6) is 0.187. The second-order valence-corrected chi connectivity index (χ2v) is 5.22. The molecule has 0 aliphatic carbocycles. The number of nitrogens with one attached hydrogen (secondary N) is 1. The zero-order chi connectivity index (χ0) is 13.5. The van der Waals surface area contributed by atoms with Gasteiger partial charge in [0.15, 0.2) is 0 Å². The Morgan fingerprint density at radius 3 is 2.61 bits per heavy atom. The predicted molar refractivity (Wildman–Crippen MR) is 72.6 cm³/mol. The van der Waals surface area contributed by atoms with Crippen LogP contribution < -0.4 is 5.32 Å². The number of carbonyl (C=O) groups excluding carboxylic acids is 1. The highest BCUT2D eigenvalue weighted by atomic mass is 16.5. The van der Waals surface area contributed by atoms with Crippen molar-refractivity contribution in [3.8, 4) is 0 Å². The van der Waals surface area contributed by atoms with Crippen molar-refractivity contribution in [2.24, 2.45) is 5.92 Å². The Morgan fingerprint density at radius 1 is 1.28 bits per heavy atom. The molecule has 0 bridgehead atoms. The smallest absolute Gasteiger partial charge is 0.229 e. The number of likely N-dealkylation sites (N-methyl/N-ethyl adjacent to an activating group) is 1. The average molecular weight is 257 g/mol. The van der Waals surface area contributed by atoms with Crippen molar-refractivity contribution >= 4 is 5.91 Å². The molecule has 0 aromatic heterocycles. The zero-order valence-electron chi connectivity index (χ0n) is 12.1. The Bertz CT molecular complexity index is 259. The van der Waals surface area contributed by atoms with Crippen LogP contribution in [-0.4, -0.2) is 75.7 Å². The lowest BCUT2D eigenvalue weighted by Gasteiger charge is -2.24. The zero-order valence-corrected chi connectivity index (χ0v) is 12.1. The van der Waals surface area contributed by atoms with E-state index in [1.165, 1.54) is 0 Å². The standard InChI is InChI=1S/C13H27N3O2/c1-5-14-12-10-18-9-11(12)13(17)16(4)8-6-7-15(2)3/h11-12,14H,5-10H2,1-4H3.